The molecule has 0 bridgehead atoms. The monoisotopic (exact) mass is 221 g/mol. The summed E-state index contributed by atoms with van der Waals surface area (Å²) in [6.07, 6.45) is 9.91. The van der Waals surface area contributed by atoms with E-state index in [1.165, 1.54) is 44.9 Å². The molecule has 2 N–H and O–H groups in total. The molecule has 1 heterocycles. The van der Waals surface area contributed by atoms with Crippen LogP contribution in [0.5, 0.6) is 0 Å². The third-order valence-electron chi connectivity index (χ3n) is 4.31. The van der Waals surface area contributed by atoms with Crippen LogP contribution >= 0.6 is 0 Å². The van der Waals surface area contributed by atoms with Crippen LogP contribution in [0.2, 0.25) is 0 Å². The molecule has 0 aromatic heterocycles. The molecule has 3 rings (SSSR count). The Hall–Kier alpha value is -0.730. The van der Waals surface area contributed by atoms with Gasteiger partial charge in [0.05, 0.1) is 0 Å². The fraction of sp³-hybridized carbons (Fsp3) is 0.923. The molecule has 0 amide bonds. The van der Waals surface area contributed by atoms with Gasteiger partial charge in [-0.2, -0.15) is 0 Å². The lowest BCUT2D eigenvalue weighted by atomic mass is 9.85. The van der Waals surface area contributed by atoms with Crippen LogP contribution < -0.4 is 10.6 Å². The summed E-state index contributed by atoms with van der Waals surface area (Å²) in [6, 6.07) is 0.729. The van der Waals surface area contributed by atoms with E-state index in [0.717, 1.165) is 36.9 Å². The lowest BCUT2D eigenvalue weighted by Gasteiger charge is -2.22. The third kappa shape index (κ3) is 2.33. The van der Waals surface area contributed by atoms with Gasteiger partial charge in [0, 0.05) is 19.1 Å². The van der Waals surface area contributed by atoms with Crippen molar-refractivity contribution < 1.29 is 0 Å². The van der Waals surface area contributed by atoms with Gasteiger partial charge in [0.25, 0.3) is 0 Å². The highest BCUT2D eigenvalue weighted by atomic mass is 15.2. The Labute approximate surface area is 98.1 Å². The van der Waals surface area contributed by atoms with Crippen molar-refractivity contribution in [1.29, 1.82) is 0 Å². The van der Waals surface area contributed by atoms with E-state index in [0.29, 0.717) is 0 Å². The van der Waals surface area contributed by atoms with E-state index in [-0.39, 0.29) is 0 Å². The van der Waals surface area contributed by atoms with Gasteiger partial charge in [-0.1, -0.05) is 32.1 Å². The SMILES string of the molecule is C1CCC([C@@H]2C[C@@H]2NC2=NCCCN2)CC1. The van der Waals surface area contributed by atoms with Crippen molar-refractivity contribution in [3.8, 4) is 0 Å². The van der Waals surface area contributed by atoms with Crippen LogP contribution in [0.15, 0.2) is 4.99 Å². The smallest absolute Gasteiger partial charge is 0.191 e. The molecule has 2 fully saturated rings. The molecule has 90 valence electrons. The largest absolute Gasteiger partial charge is 0.356 e. The second-order valence-electron chi connectivity index (χ2n) is 5.56. The number of aliphatic imine (C=N–C) groups is 1. The summed E-state index contributed by atoms with van der Waals surface area (Å²) in [5, 5.41) is 6.93. The first-order valence-corrected chi connectivity index (χ1v) is 6.98. The summed E-state index contributed by atoms with van der Waals surface area (Å²) >= 11 is 0. The minimum absolute atomic E-state index is 0.729. The maximum atomic E-state index is 4.48. The zero-order valence-electron chi connectivity index (χ0n) is 10.0. The number of hydrogen-bond acceptors (Lipinski definition) is 3. The molecular formula is C13H23N3. The topological polar surface area (TPSA) is 36.4 Å². The van der Waals surface area contributed by atoms with Crippen LogP contribution in [0.3, 0.4) is 0 Å². The van der Waals surface area contributed by atoms with Crippen LogP contribution in [0, 0.1) is 11.8 Å². The molecule has 0 aromatic rings. The summed E-state index contributed by atoms with van der Waals surface area (Å²) in [4.78, 5) is 4.48. The fourth-order valence-corrected chi connectivity index (χ4v) is 3.27. The first-order valence-electron chi connectivity index (χ1n) is 6.98. The quantitative estimate of drug-likeness (QED) is 0.747. The van der Waals surface area contributed by atoms with Crippen molar-refractivity contribution in [3.05, 3.63) is 0 Å². The summed E-state index contributed by atoms with van der Waals surface area (Å²) in [7, 11) is 0. The Balaban J connectivity index is 1.46. The first-order chi connectivity index (χ1) is 7.93. The highest BCUT2D eigenvalue weighted by Gasteiger charge is 2.43. The number of rotatable bonds is 2. The second kappa shape index (κ2) is 4.64. The molecule has 2 atom stereocenters. The predicted molar refractivity (Wildman–Crippen MR) is 66.5 cm³/mol. The van der Waals surface area contributed by atoms with Gasteiger partial charge < -0.3 is 10.6 Å². The molecular weight excluding hydrogens is 198 g/mol. The molecule has 2 saturated carbocycles. The van der Waals surface area contributed by atoms with Crippen LogP contribution in [0.25, 0.3) is 0 Å². The molecule has 3 nitrogen and oxygen atoms in total. The molecule has 0 spiro atoms. The Bertz CT molecular complexity index is 268. The minimum Gasteiger partial charge on any atom is -0.356 e. The van der Waals surface area contributed by atoms with Gasteiger partial charge in [-0.05, 0) is 24.7 Å². The van der Waals surface area contributed by atoms with Gasteiger partial charge in [-0.3, -0.25) is 4.99 Å². The summed E-state index contributed by atoms with van der Waals surface area (Å²) in [5.41, 5.74) is 0. The van der Waals surface area contributed by atoms with Crippen molar-refractivity contribution >= 4 is 5.96 Å². The van der Waals surface area contributed by atoms with Crippen LogP contribution in [0.4, 0.5) is 0 Å². The minimum atomic E-state index is 0.729. The lowest BCUT2D eigenvalue weighted by molar-refractivity contribution is 0.315. The Morgan fingerprint density at radius 2 is 2.00 bits per heavy atom. The maximum absolute atomic E-state index is 4.48. The molecule has 3 aliphatic rings. The standard InChI is InChI=1S/C13H23N3/c1-2-5-10(6-3-1)11-9-12(11)16-13-14-7-4-8-15-13/h10-12H,1-9H2,(H2,14,15,16)/t11-,12-/m0/s1. The number of nitrogens with zero attached hydrogens (tertiary/aromatic N) is 1. The molecule has 0 radical (unpaired) electrons. The van der Waals surface area contributed by atoms with Crippen LogP contribution in [-0.4, -0.2) is 25.1 Å². The normalized spacial score (nSPS) is 35.1. The zero-order chi connectivity index (χ0) is 10.8. The van der Waals surface area contributed by atoms with Gasteiger partial charge in [0.1, 0.15) is 0 Å². The van der Waals surface area contributed by atoms with E-state index in [4.69, 9.17) is 0 Å². The maximum Gasteiger partial charge on any atom is 0.191 e. The number of hydrogen-bond donors (Lipinski definition) is 2. The van der Waals surface area contributed by atoms with Gasteiger partial charge in [0.2, 0.25) is 0 Å². The van der Waals surface area contributed by atoms with Crippen molar-refractivity contribution in [2.24, 2.45) is 16.8 Å². The molecule has 0 aromatic carbocycles. The highest BCUT2D eigenvalue weighted by molar-refractivity contribution is 5.80. The van der Waals surface area contributed by atoms with Gasteiger partial charge in [0.15, 0.2) is 5.96 Å². The Kier molecular flexibility index (Phi) is 3.02. The van der Waals surface area contributed by atoms with E-state index in [9.17, 15) is 0 Å². The van der Waals surface area contributed by atoms with Crippen LogP contribution in [-0.2, 0) is 0 Å². The first kappa shape index (κ1) is 10.4. The van der Waals surface area contributed by atoms with Gasteiger partial charge in [-0.25, -0.2) is 0 Å². The molecule has 1 aliphatic heterocycles. The molecule has 3 heteroatoms. The number of nitrogens with one attached hydrogen (secondary N) is 2. The molecule has 0 saturated heterocycles. The average molecular weight is 221 g/mol. The summed E-state index contributed by atoms with van der Waals surface area (Å²) in [5.74, 6) is 3.02. The van der Waals surface area contributed by atoms with E-state index < -0.39 is 0 Å². The average Bonchev–Trinajstić information content (AvgIpc) is 3.11. The highest BCUT2D eigenvalue weighted by Crippen LogP contribution is 2.44. The summed E-state index contributed by atoms with van der Waals surface area (Å²) < 4.78 is 0. The number of guanidine groups is 1. The van der Waals surface area contributed by atoms with Gasteiger partial charge >= 0.3 is 0 Å². The van der Waals surface area contributed by atoms with Crippen molar-refractivity contribution in [2.45, 2.75) is 51.0 Å². The summed E-state index contributed by atoms with van der Waals surface area (Å²) in [6.45, 7) is 2.09. The van der Waals surface area contributed by atoms with Crippen molar-refractivity contribution in [1.82, 2.24) is 10.6 Å². The lowest BCUT2D eigenvalue weighted by Crippen LogP contribution is -2.42. The van der Waals surface area contributed by atoms with Crippen molar-refractivity contribution in [3.63, 3.8) is 0 Å². The Morgan fingerprint density at radius 3 is 2.75 bits per heavy atom. The third-order valence-corrected chi connectivity index (χ3v) is 4.31. The molecule has 0 unspecified atom stereocenters. The van der Waals surface area contributed by atoms with E-state index in [2.05, 4.69) is 15.6 Å². The van der Waals surface area contributed by atoms with E-state index in [1.54, 1.807) is 0 Å². The predicted octanol–water partition coefficient (Wildman–Crippen LogP) is 1.89. The molecule has 2 aliphatic carbocycles. The molecule has 16 heavy (non-hydrogen) atoms. The fourth-order valence-electron chi connectivity index (χ4n) is 3.27. The van der Waals surface area contributed by atoms with Crippen LogP contribution in [0.1, 0.15) is 44.9 Å². The van der Waals surface area contributed by atoms with Gasteiger partial charge in [-0.15, -0.1) is 0 Å². The van der Waals surface area contributed by atoms with E-state index in [1.807, 2.05) is 0 Å². The Morgan fingerprint density at radius 1 is 1.12 bits per heavy atom. The zero-order valence-corrected chi connectivity index (χ0v) is 10.0. The second-order valence-corrected chi connectivity index (χ2v) is 5.56. The van der Waals surface area contributed by atoms with E-state index >= 15 is 0 Å². The van der Waals surface area contributed by atoms with Crippen molar-refractivity contribution in [2.75, 3.05) is 13.1 Å².